The number of rotatable bonds is 6. The molecule has 0 N–H and O–H groups in total. The maximum absolute atomic E-state index is 6.70. The van der Waals surface area contributed by atoms with Gasteiger partial charge in [0, 0.05) is 11.8 Å². The fourth-order valence-electron chi connectivity index (χ4n) is 9.75. The summed E-state index contributed by atoms with van der Waals surface area (Å²) in [5.74, 6) is 2.07. The summed E-state index contributed by atoms with van der Waals surface area (Å²) < 4.78 is 14.7. The topological polar surface area (TPSA) is 36.4 Å². The molecule has 2 aliphatic heterocycles. The average molecular weight is 1030 g/mol. The number of aromatic nitrogens is 4. The molecule has 10 aromatic rings. The summed E-state index contributed by atoms with van der Waals surface area (Å²) in [5, 5.41) is 2.22. The van der Waals surface area contributed by atoms with E-state index in [2.05, 4.69) is 214 Å². The molecule has 0 fully saturated rings. The van der Waals surface area contributed by atoms with Gasteiger partial charge in [0.25, 0.3) is 0 Å². The van der Waals surface area contributed by atoms with Gasteiger partial charge in [-0.05, 0) is 40.2 Å². The van der Waals surface area contributed by atoms with E-state index in [1.807, 2.05) is 18.3 Å². The van der Waals surface area contributed by atoms with Crippen LogP contribution in [0.2, 0.25) is 0 Å². The van der Waals surface area contributed by atoms with Crippen molar-refractivity contribution in [3.05, 3.63) is 206 Å². The van der Waals surface area contributed by atoms with E-state index < -0.39 is 0 Å². The summed E-state index contributed by atoms with van der Waals surface area (Å²) in [5.41, 5.74) is 19.7. The molecule has 0 saturated heterocycles. The molecular weight excluding hydrogens is 976 g/mol. The summed E-state index contributed by atoms with van der Waals surface area (Å²) in [6.07, 6.45) is 8.25. The molecule has 5 nitrogen and oxygen atoms in total. The van der Waals surface area contributed by atoms with Crippen molar-refractivity contribution in [1.29, 1.82) is 0 Å². The second kappa shape index (κ2) is 16.2. The van der Waals surface area contributed by atoms with Crippen LogP contribution in [0, 0.1) is 36.7 Å². The van der Waals surface area contributed by atoms with Gasteiger partial charge in [0.2, 0.25) is 0 Å². The van der Waals surface area contributed by atoms with Crippen molar-refractivity contribution in [2.75, 3.05) is 0 Å². The Balaban J connectivity index is 0.975. The standard InChI is InChI=1S/C59H50N4O.Pt/c1-38-31-58(60-35-54(38)44-19-24-47(25-20-44)59(4,5)6)63-55-30-23-46(43-11-8-7-9-12-43)32-53(55)52-29-28-51(34-56(52)63)64-50-14-10-13-49(33-50)61-36-57-45-18-17-41-15-16-42(40(3)39(41)2)21-26-48(27-22-45)62(57)37-61;/h7-16,19-20,22-25,27-32,35-36H,17-18,21,26H2,1-6H3;/q-2;. The van der Waals surface area contributed by atoms with Crippen molar-refractivity contribution in [3.63, 3.8) is 0 Å². The number of ether oxygens (including phenoxy) is 1. The van der Waals surface area contributed by atoms with E-state index in [0.29, 0.717) is 11.5 Å². The van der Waals surface area contributed by atoms with Crippen molar-refractivity contribution in [2.24, 2.45) is 0 Å². The number of hydrogen-bond donors (Lipinski definition) is 0. The number of benzene rings is 6. The predicted molar refractivity (Wildman–Crippen MR) is 261 cm³/mol. The van der Waals surface area contributed by atoms with Crippen molar-refractivity contribution >= 4 is 27.3 Å². The molecule has 0 amide bonds. The molecule has 2 aliphatic carbocycles. The molecule has 6 aromatic carbocycles. The smallest absolute Gasteiger partial charge is 0.0579 e. The predicted octanol–water partition coefficient (Wildman–Crippen LogP) is 14.1. The number of aryl methyl sites for hydroxylation is 5. The molecule has 4 aliphatic rings. The van der Waals surface area contributed by atoms with Crippen molar-refractivity contribution in [1.82, 2.24) is 18.5 Å². The van der Waals surface area contributed by atoms with Gasteiger partial charge in [0.15, 0.2) is 0 Å². The molecule has 6 heterocycles. The molecule has 4 aromatic heterocycles. The van der Waals surface area contributed by atoms with E-state index in [4.69, 9.17) is 9.72 Å². The second-order valence-electron chi connectivity index (χ2n) is 18.7. The number of hydrogen-bond acceptors (Lipinski definition) is 2. The normalized spacial score (nSPS) is 12.9. The van der Waals surface area contributed by atoms with Gasteiger partial charge in [-0.3, -0.25) is 0 Å². The number of fused-ring (bicyclic) bond motifs is 3. The fraction of sp³-hybridized carbons (Fsp3) is 0.186. The van der Waals surface area contributed by atoms with Crippen molar-refractivity contribution < 1.29 is 24.1 Å². The summed E-state index contributed by atoms with van der Waals surface area (Å²) in [6.45, 7) is 13.5. The Morgan fingerprint density at radius 3 is 2.08 bits per heavy atom. The van der Waals surface area contributed by atoms with E-state index >= 15 is 0 Å². The molecule has 324 valence electrons. The van der Waals surface area contributed by atoms with Crippen molar-refractivity contribution in [3.8, 4) is 45.3 Å². The van der Waals surface area contributed by atoms with E-state index in [0.717, 1.165) is 85.1 Å². The monoisotopic (exact) mass is 1030 g/mol. The third kappa shape index (κ3) is 7.40. The zero-order chi connectivity index (χ0) is 44.6. The molecule has 6 heteroatoms. The van der Waals surface area contributed by atoms with Gasteiger partial charge in [-0.25, -0.2) is 0 Å². The molecule has 65 heavy (non-hydrogen) atoms. The van der Waals surface area contributed by atoms with Crippen LogP contribution in [0.1, 0.15) is 65.4 Å². The SMILES string of the molecule is Cc1cc(-n2c3[c-]c(Oc4[c-]c(-n5cc6c7ccc(n6[c]5=[Pt])CCc5ccc(c(C)c5C)CC7)ccc4)ccc3c3cc(-c4ccccc4)ccc32)ncc1-c1ccc(C(C)(C)C)cc1. The van der Waals surface area contributed by atoms with E-state index in [9.17, 15) is 0 Å². The molecule has 0 unspecified atom stereocenters. The van der Waals surface area contributed by atoms with Crippen LogP contribution < -0.4 is 4.74 Å². The summed E-state index contributed by atoms with van der Waals surface area (Å²) in [6, 6.07) is 55.4. The average Bonchev–Trinajstić information content (AvgIpc) is 3.83. The van der Waals surface area contributed by atoms with Crippen LogP contribution >= 0.6 is 0 Å². The number of pyridine rings is 2. The van der Waals surface area contributed by atoms with Gasteiger partial charge in [0.05, 0.1) is 0 Å². The first-order chi connectivity index (χ1) is 31.5. The summed E-state index contributed by atoms with van der Waals surface area (Å²) in [4.78, 5) is 5.14. The first-order valence-corrected chi connectivity index (χ1v) is 23.7. The minimum atomic E-state index is 0.0915. The fourth-order valence-corrected chi connectivity index (χ4v) is 10.8. The molecule has 14 rings (SSSR count). The van der Waals surface area contributed by atoms with Gasteiger partial charge in [-0.15, -0.1) is 0 Å². The minimum absolute atomic E-state index is 0.0915. The Kier molecular flexibility index (Phi) is 10.2. The first kappa shape index (κ1) is 41.2. The van der Waals surface area contributed by atoms with Crippen LogP contribution in [0.15, 0.2) is 146 Å². The molecule has 4 bridgehead atoms. The Morgan fingerprint density at radius 1 is 0.615 bits per heavy atom. The molecule has 0 saturated carbocycles. The first-order valence-electron chi connectivity index (χ1n) is 22.6. The number of nitrogens with zero attached hydrogens (tertiary/aromatic N) is 4. The zero-order valence-electron chi connectivity index (χ0n) is 37.7. The Bertz CT molecular complexity index is 3550. The Morgan fingerprint density at radius 2 is 1.32 bits per heavy atom. The molecular formula is C59H50N4OPt-2. The minimum Gasteiger partial charge on any atom is -0.0579 e. The van der Waals surface area contributed by atoms with Gasteiger partial charge in [-0.1, -0.05) is 81.4 Å². The van der Waals surface area contributed by atoms with E-state index in [-0.39, 0.29) is 5.41 Å². The Hall–Kier alpha value is -6.55. The quantitative estimate of drug-likeness (QED) is 0.156. The van der Waals surface area contributed by atoms with Gasteiger partial charge in [0.1, 0.15) is 0 Å². The summed E-state index contributed by atoms with van der Waals surface area (Å²) >= 11 is 2.48. The van der Waals surface area contributed by atoms with Crippen LogP contribution in [0.25, 0.3) is 61.1 Å². The van der Waals surface area contributed by atoms with Gasteiger partial charge < -0.3 is 0 Å². The maximum atomic E-state index is 6.70. The third-order valence-corrected chi connectivity index (χ3v) is 14.7. The van der Waals surface area contributed by atoms with Crippen LogP contribution in [-0.4, -0.2) is 18.5 Å². The van der Waals surface area contributed by atoms with Crippen LogP contribution in [-0.2, 0) is 50.5 Å². The van der Waals surface area contributed by atoms with Crippen LogP contribution in [0.3, 0.4) is 0 Å². The van der Waals surface area contributed by atoms with Gasteiger partial charge >= 0.3 is 261 Å². The zero-order valence-corrected chi connectivity index (χ0v) is 40.0. The van der Waals surface area contributed by atoms with E-state index in [1.54, 1.807) is 0 Å². The van der Waals surface area contributed by atoms with Crippen LogP contribution in [0.5, 0.6) is 11.5 Å². The second-order valence-corrected chi connectivity index (χ2v) is 19.7. The van der Waals surface area contributed by atoms with Crippen molar-refractivity contribution in [2.45, 2.75) is 72.6 Å². The molecule has 0 atom stereocenters. The van der Waals surface area contributed by atoms with Gasteiger partial charge in [-0.2, -0.15) is 0 Å². The molecule has 0 radical (unpaired) electrons. The Labute approximate surface area is 392 Å². The van der Waals surface area contributed by atoms with E-state index in [1.165, 1.54) is 50.2 Å². The number of imidazole rings is 1. The third-order valence-electron chi connectivity index (χ3n) is 13.6. The molecule has 0 spiro atoms. The van der Waals surface area contributed by atoms with Crippen LogP contribution in [0.4, 0.5) is 0 Å². The summed E-state index contributed by atoms with van der Waals surface area (Å²) in [7, 11) is 0.